The van der Waals surface area contributed by atoms with E-state index in [0.717, 1.165) is 32.1 Å². The molecule has 0 radical (unpaired) electrons. The molecule has 2 aliphatic carbocycles. The van der Waals surface area contributed by atoms with Gasteiger partial charge in [-0.3, -0.25) is 14.1 Å². The molecule has 3 fully saturated rings. The van der Waals surface area contributed by atoms with Gasteiger partial charge < -0.3 is 25.8 Å². The summed E-state index contributed by atoms with van der Waals surface area (Å²) in [6, 6.07) is -2.67. The van der Waals surface area contributed by atoms with Crippen LogP contribution in [-0.2, 0) is 24.4 Å². The predicted molar refractivity (Wildman–Crippen MR) is 127 cm³/mol. The van der Waals surface area contributed by atoms with E-state index in [4.69, 9.17) is 4.74 Å². The number of alkyl carbamates (subject to hydrolysis) is 1. The highest BCUT2D eigenvalue weighted by atomic mass is 32.2. The molecule has 0 bridgehead atoms. The van der Waals surface area contributed by atoms with Crippen molar-refractivity contribution in [2.45, 2.75) is 107 Å². The Morgan fingerprint density at radius 1 is 1.05 bits per heavy atom. The summed E-state index contributed by atoms with van der Waals surface area (Å²) in [5.74, 6) is -4.53. The summed E-state index contributed by atoms with van der Waals surface area (Å²) in [4.78, 5) is 37.9. The highest BCUT2D eigenvalue weighted by molar-refractivity contribution is 7.86. The Morgan fingerprint density at radius 3 is 2.27 bits per heavy atom. The van der Waals surface area contributed by atoms with Gasteiger partial charge in [0.25, 0.3) is 10.1 Å². The number of alkyl halides is 2. The molecule has 14 heteroatoms. The van der Waals surface area contributed by atoms with Crippen LogP contribution in [0.5, 0.6) is 0 Å². The zero-order chi connectivity index (χ0) is 27.2. The molecule has 3 rings (SSSR count). The molecule has 0 aromatic rings. The molecule has 0 spiro atoms. The van der Waals surface area contributed by atoms with Crippen molar-refractivity contribution in [1.29, 1.82) is 0 Å². The van der Waals surface area contributed by atoms with E-state index < -0.39 is 70.4 Å². The van der Waals surface area contributed by atoms with Crippen molar-refractivity contribution in [3.8, 4) is 0 Å². The molecule has 1 heterocycles. The molecule has 11 nitrogen and oxygen atoms in total. The van der Waals surface area contributed by atoms with Crippen molar-refractivity contribution >= 4 is 28.0 Å². The number of carbonyl (C=O) groups is 3. The second kappa shape index (κ2) is 12.7. The number of hydrogen-bond donors (Lipinski definition) is 5. The minimum Gasteiger partial charge on any atom is -0.446 e. The van der Waals surface area contributed by atoms with Gasteiger partial charge in [0.1, 0.15) is 12.1 Å². The van der Waals surface area contributed by atoms with Crippen LogP contribution >= 0.6 is 0 Å². The van der Waals surface area contributed by atoms with Gasteiger partial charge in [0.15, 0.2) is 0 Å². The van der Waals surface area contributed by atoms with Gasteiger partial charge in [0.05, 0.1) is 6.04 Å². The van der Waals surface area contributed by atoms with Crippen molar-refractivity contribution in [3.63, 3.8) is 0 Å². The van der Waals surface area contributed by atoms with Crippen LogP contribution in [0, 0.1) is 11.8 Å². The maximum Gasteiger partial charge on any atom is 0.408 e. The van der Waals surface area contributed by atoms with Gasteiger partial charge in [0, 0.05) is 25.3 Å². The largest absolute Gasteiger partial charge is 0.446 e. The molecule has 3 aliphatic rings. The predicted octanol–water partition coefficient (Wildman–Crippen LogP) is 1.85. The average Bonchev–Trinajstić information content (AvgIpc) is 3.23. The SMILES string of the molecule is O=C(NC(CC1CCCCC1)C(=O)NC(CC1CCNC1=O)C(O)S(=O)(=O)O)OC1CCC(F)(F)CC1. The van der Waals surface area contributed by atoms with E-state index in [9.17, 15) is 41.2 Å². The summed E-state index contributed by atoms with van der Waals surface area (Å²) in [6.07, 6.45) is 2.50. The Labute approximate surface area is 215 Å². The standard InChI is InChI=1S/C23H37F2N3O8S/c24-23(25)9-6-16(7-10-23)36-22(32)28-17(12-14-4-2-1-3-5-14)20(30)27-18(21(31)37(33,34)35)13-15-8-11-26-19(15)29/h14-18,21,31H,1-13H2,(H,26,29)(H,27,30)(H,28,32)(H,33,34,35). The van der Waals surface area contributed by atoms with Gasteiger partial charge in [-0.2, -0.15) is 8.42 Å². The molecular weight excluding hydrogens is 516 g/mol. The molecule has 5 N–H and O–H groups in total. The lowest BCUT2D eigenvalue weighted by molar-refractivity contribution is -0.126. The molecular formula is C23H37F2N3O8S. The fourth-order valence-electron chi connectivity index (χ4n) is 5.36. The molecule has 4 unspecified atom stereocenters. The van der Waals surface area contributed by atoms with Crippen molar-refractivity contribution in [2.24, 2.45) is 11.8 Å². The highest BCUT2D eigenvalue weighted by Crippen LogP contribution is 2.34. The molecule has 1 saturated heterocycles. The van der Waals surface area contributed by atoms with Crippen LogP contribution in [0.3, 0.4) is 0 Å². The third-order valence-corrected chi connectivity index (χ3v) is 8.46. The van der Waals surface area contributed by atoms with Crippen molar-refractivity contribution < 1.29 is 46.0 Å². The van der Waals surface area contributed by atoms with Crippen LogP contribution in [0.2, 0.25) is 0 Å². The maximum atomic E-state index is 13.4. The number of rotatable bonds is 10. The molecule has 4 atom stereocenters. The monoisotopic (exact) mass is 553 g/mol. The Kier molecular flexibility index (Phi) is 10.1. The summed E-state index contributed by atoms with van der Waals surface area (Å²) in [7, 11) is -4.98. The number of hydrogen-bond acceptors (Lipinski definition) is 7. The van der Waals surface area contributed by atoms with Crippen LogP contribution in [0.25, 0.3) is 0 Å². The number of nitrogens with one attached hydrogen (secondary N) is 3. The number of aliphatic hydroxyl groups excluding tert-OH is 1. The van der Waals surface area contributed by atoms with E-state index >= 15 is 0 Å². The lowest BCUT2D eigenvalue weighted by Gasteiger charge is -2.31. The smallest absolute Gasteiger partial charge is 0.408 e. The van der Waals surface area contributed by atoms with Gasteiger partial charge in [-0.15, -0.1) is 0 Å². The zero-order valence-corrected chi connectivity index (χ0v) is 21.5. The topological polar surface area (TPSA) is 171 Å². The fourth-order valence-corrected chi connectivity index (χ4v) is 5.96. The van der Waals surface area contributed by atoms with E-state index in [1.807, 2.05) is 0 Å². The van der Waals surface area contributed by atoms with Gasteiger partial charge in [-0.25, -0.2) is 13.6 Å². The number of amides is 3. The third-order valence-electron chi connectivity index (χ3n) is 7.52. The first-order valence-electron chi connectivity index (χ1n) is 12.9. The molecule has 0 aromatic heterocycles. The van der Waals surface area contributed by atoms with Crippen molar-refractivity contribution in [2.75, 3.05) is 6.54 Å². The van der Waals surface area contributed by atoms with Crippen LogP contribution in [0.15, 0.2) is 0 Å². The van der Waals surface area contributed by atoms with E-state index in [-0.39, 0.29) is 37.5 Å². The fraction of sp³-hybridized carbons (Fsp3) is 0.870. The Balaban J connectivity index is 1.69. The van der Waals surface area contributed by atoms with Crippen LogP contribution in [-0.4, -0.2) is 72.1 Å². The molecule has 1 aliphatic heterocycles. The summed E-state index contributed by atoms with van der Waals surface area (Å²) in [5, 5.41) is 17.7. The van der Waals surface area contributed by atoms with Gasteiger partial charge in [0.2, 0.25) is 23.2 Å². The van der Waals surface area contributed by atoms with E-state index in [2.05, 4.69) is 16.0 Å². The quantitative estimate of drug-likeness (QED) is 0.255. The molecule has 3 amide bonds. The van der Waals surface area contributed by atoms with Gasteiger partial charge in [-0.05, 0) is 38.0 Å². The first-order chi connectivity index (χ1) is 17.3. The average molecular weight is 554 g/mol. The normalized spacial score (nSPS) is 25.5. The molecule has 212 valence electrons. The first kappa shape index (κ1) is 29.5. The number of aliphatic hydroxyl groups is 1. The van der Waals surface area contributed by atoms with Gasteiger partial charge >= 0.3 is 6.09 Å². The van der Waals surface area contributed by atoms with Crippen LogP contribution in [0.4, 0.5) is 13.6 Å². The lowest BCUT2D eigenvalue weighted by atomic mass is 9.84. The van der Waals surface area contributed by atoms with E-state index in [0.29, 0.717) is 13.0 Å². The minimum atomic E-state index is -4.98. The Bertz CT molecular complexity index is 919. The minimum absolute atomic E-state index is 0.00795. The van der Waals surface area contributed by atoms with Crippen LogP contribution < -0.4 is 16.0 Å². The highest BCUT2D eigenvalue weighted by Gasteiger charge is 2.39. The molecule has 37 heavy (non-hydrogen) atoms. The number of halogens is 2. The molecule has 0 aromatic carbocycles. The summed E-state index contributed by atoms with van der Waals surface area (Å²) in [5.41, 5.74) is -2.38. The van der Waals surface area contributed by atoms with Crippen molar-refractivity contribution in [1.82, 2.24) is 16.0 Å². The second-order valence-corrected chi connectivity index (χ2v) is 11.9. The maximum absolute atomic E-state index is 13.4. The van der Waals surface area contributed by atoms with Crippen LogP contribution in [0.1, 0.15) is 77.0 Å². The second-order valence-electron chi connectivity index (χ2n) is 10.4. The van der Waals surface area contributed by atoms with Gasteiger partial charge in [-0.1, -0.05) is 32.1 Å². The lowest BCUT2D eigenvalue weighted by Crippen LogP contribution is -2.55. The number of ether oxygens (including phenoxy) is 1. The summed E-state index contributed by atoms with van der Waals surface area (Å²) < 4.78 is 64.8. The molecule has 2 saturated carbocycles. The summed E-state index contributed by atoms with van der Waals surface area (Å²) in [6.45, 7) is 0.358. The zero-order valence-electron chi connectivity index (χ0n) is 20.7. The Morgan fingerprint density at radius 2 is 1.70 bits per heavy atom. The van der Waals surface area contributed by atoms with Crippen molar-refractivity contribution in [3.05, 3.63) is 0 Å². The van der Waals surface area contributed by atoms with E-state index in [1.54, 1.807) is 0 Å². The van der Waals surface area contributed by atoms with E-state index in [1.165, 1.54) is 0 Å². The third kappa shape index (κ3) is 9.02. The summed E-state index contributed by atoms with van der Waals surface area (Å²) >= 11 is 0. The number of carbonyl (C=O) groups excluding carboxylic acids is 3. The first-order valence-corrected chi connectivity index (χ1v) is 14.4. The Hall–Kier alpha value is -2.06.